The molecule has 0 spiro atoms. The van der Waals surface area contributed by atoms with E-state index >= 15 is 0 Å². The number of benzene rings is 9. The van der Waals surface area contributed by atoms with Crippen LogP contribution >= 0.6 is 11.3 Å². The summed E-state index contributed by atoms with van der Waals surface area (Å²) < 4.78 is 2.67. The molecule has 0 saturated carbocycles. The van der Waals surface area contributed by atoms with Crippen LogP contribution in [0, 0.1) is 0 Å². The lowest BCUT2D eigenvalue weighted by Gasteiger charge is -2.18. The van der Waals surface area contributed by atoms with E-state index in [1.54, 1.807) is 0 Å². The van der Waals surface area contributed by atoms with Crippen molar-refractivity contribution in [3.63, 3.8) is 0 Å². The molecule has 0 atom stereocenters. The van der Waals surface area contributed by atoms with E-state index < -0.39 is 0 Å². The zero-order valence-corrected chi connectivity index (χ0v) is 25.2. The molecule has 10 aromatic rings. The highest BCUT2D eigenvalue weighted by atomic mass is 32.1. The summed E-state index contributed by atoms with van der Waals surface area (Å²) in [5, 5.41) is 15.6. The van der Waals surface area contributed by atoms with E-state index in [9.17, 15) is 0 Å². The maximum Gasteiger partial charge on any atom is 0.0361 e. The molecular formula is C44H26S. The monoisotopic (exact) mass is 586 g/mol. The van der Waals surface area contributed by atoms with E-state index in [0.717, 1.165) is 0 Å². The minimum absolute atomic E-state index is 1.25. The Balaban J connectivity index is 1.24. The van der Waals surface area contributed by atoms with Crippen molar-refractivity contribution in [1.29, 1.82) is 0 Å². The van der Waals surface area contributed by atoms with Crippen molar-refractivity contribution >= 4 is 85.4 Å². The van der Waals surface area contributed by atoms with Crippen LogP contribution < -0.4 is 0 Å². The number of thiophene rings is 1. The fraction of sp³-hybridized carbons (Fsp3) is 0. The third kappa shape index (κ3) is 3.72. The predicted octanol–water partition coefficient (Wildman–Crippen LogP) is 13.2. The number of hydrogen-bond acceptors (Lipinski definition) is 1. The Kier molecular flexibility index (Phi) is 5.25. The SMILES string of the molecule is c1ccc2cc3c(cc2c1)sc1cc(-c2c4ccccc4c(-c4ccc5c(ccc6ccccc65)c4)c4ccccc24)ccc13. The van der Waals surface area contributed by atoms with Crippen LogP contribution in [-0.2, 0) is 0 Å². The first-order valence-electron chi connectivity index (χ1n) is 15.5. The third-order valence-corrected chi connectivity index (χ3v) is 10.7. The number of rotatable bonds is 2. The smallest absolute Gasteiger partial charge is 0.0361 e. The van der Waals surface area contributed by atoms with Gasteiger partial charge in [-0.15, -0.1) is 11.3 Å². The lowest BCUT2D eigenvalue weighted by Crippen LogP contribution is -1.91. The number of fused-ring (bicyclic) bond motifs is 9. The minimum atomic E-state index is 1.25. The van der Waals surface area contributed by atoms with Crippen LogP contribution in [0.25, 0.3) is 96.3 Å². The summed E-state index contributed by atoms with van der Waals surface area (Å²) in [5.74, 6) is 0. The zero-order chi connectivity index (χ0) is 29.5. The van der Waals surface area contributed by atoms with Gasteiger partial charge in [0.15, 0.2) is 0 Å². The average Bonchev–Trinajstić information content (AvgIpc) is 3.45. The maximum atomic E-state index is 2.42. The number of hydrogen-bond donors (Lipinski definition) is 0. The highest BCUT2D eigenvalue weighted by Crippen LogP contribution is 2.46. The van der Waals surface area contributed by atoms with Crippen LogP contribution in [0.2, 0.25) is 0 Å². The van der Waals surface area contributed by atoms with Crippen LogP contribution in [0.15, 0.2) is 158 Å². The molecule has 9 aromatic carbocycles. The van der Waals surface area contributed by atoms with E-state index in [1.165, 1.54) is 96.3 Å². The molecule has 1 heteroatoms. The first-order chi connectivity index (χ1) is 22.3. The summed E-state index contributed by atoms with van der Waals surface area (Å²) in [4.78, 5) is 0. The van der Waals surface area contributed by atoms with Crippen molar-refractivity contribution in [2.45, 2.75) is 0 Å². The Morgan fingerprint density at radius 3 is 1.40 bits per heavy atom. The van der Waals surface area contributed by atoms with Gasteiger partial charge < -0.3 is 0 Å². The highest BCUT2D eigenvalue weighted by molar-refractivity contribution is 7.25. The summed E-state index contributed by atoms with van der Waals surface area (Å²) in [5.41, 5.74) is 5.13. The van der Waals surface area contributed by atoms with Crippen molar-refractivity contribution in [2.24, 2.45) is 0 Å². The van der Waals surface area contributed by atoms with E-state index in [2.05, 4.69) is 158 Å². The molecule has 208 valence electrons. The quantitative estimate of drug-likeness (QED) is 0.140. The van der Waals surface area contributed by atoms with Crippen molar-refractivity contribution in [3.05, 3.63) is 158 Å². The van der Waals surface area contributed by atoms with Gasteiger partial charge in [-0.2, -0.15) is 0 Å². The van der Waals surface area contributed by atoms with Crippen LogP contribution in [0.3, 0.4) is 0 Å². The molecule has 1 heterocycles. The first-order valence-corrected chi connectivity index (χ1v) is 16.3. The Labute approximate surface area is 264 Å². The topological polar surface area (TPSA) is 0 Å². The Morgan fingerprint density at radius 1 is 0.267 bits per heavy atom. The van der Waals surface area contributed by atoms with Crippen molar-refractivity contribution in [1.82, 2.24) is 0 Å². The Bertz CT molecular complexity index is 2760. The molecule has 0 fully saturated rings. The minimum Gasteiger partial charge on any atom is -0.135 e. The fourth-order valence-electron chi connectivity index (χ4n) is 7.54. The summed E-state index contributed by atoms with van der Waals surface area (Å²) >= 11 is 1.90. The molecule has 0 aliphatic rings. The largest absolute Gasteiger partial charge is 0.135 e. The Hall–Kier alpha value is -5.50. The van der Waals surface area contributed by atoms with Crippen LogP contribution in [0.5, 0.6) is 0 Å². The molecule has 0 saturated heterocycles. The molecule has 0 radical (unpaired) electrons. The van der Waals surface area contributed by atoms with Gasteiger partial charge in [-0.3, -0.25) is 0 Å². The first kappa shape index (κ1) is 24.9. The molecule has 0 N–H and O–H groups in total. The third-order valence-electron chi connectivity index (χ3n) is 9.59. The van der Waals surface area contributed by atoms with Gasteiger partial charge in [0.1, 0.15) is 0 Å². The van der Waals surface area contributed by atoms with Gasteiger partial charge in [-0.25, -0.2) is 0 Å². The van der Waals surface area contributed by atoms with Gasteiger partial charge >= 0.3 is 0 Å². The van der Waals surface area contributed by atoms with Gasteiger partial charge in [0, 0.05) is 20.2 Å². The molecule has 10 rings (SSSR count). The van der Waals surface area contributed by atoms with Crippen LogP contribution in [-0.4, -0.2) is 0 Å². The Morgan fingerprint density at radius 2 is 0.733 bits per heavy atom. The highest BCUT2D eigenvalue weighted by Gasteiger charge is 2.18. The molecule has 0 aliphatic carbocycles. The standard InChI is InChI=1S/C44H26S/c1-2-11-29-25-42-40(24-28(29)10-1)35-22-20-32(26-41(35)45-42)44-38-15-7-5-13-36(38)43(37-14-6-8-16-39(37)44)31-19-21-34-30(23-31)18-17-27-9-3-4-12-33(27)34/h1-26H. The van der Waals surface area contributed by atoms with E-state index in [0.29, 0.717) is 0 Å². The van der Waals surface area contributed by atoms with Crippen molar-refractivity contribution in [2.75, 3.05) is 0 Å². The lowest BCUT2D eigenvalue weighted by molar-refractivity contribution is 1.69. The maximum absolute atomic E-state index is 2.42. The second-order valence-electron chi connectivity index (χ2n) is 12.1. The van der Waals surface area contributed by atoms with E-state index in [4.69, 9.17) is 0 Å². The van der Waals surface area contributed by atoms with Gasteiger partial charge in [0.25, 0.3) is 0 Å². The van der Waals surface area contributed by atoms with Gasteiger partial charge in [-0.05, 0) is 100 Å². The van der Waals surface area contributed by atoms with Crippen LogP contribution in [0.4, 0.5) is 0 Å². The van der Waals surface area contributed by atoms with E-state index in [1.807, 2.05) is 11.3 Å². The molecular weight excluding hydrogens is 561 g/mol. The molecule has 0 unspecified atom stereocenters. The molecule has 0 bridgehead atoms. The predicted molar refractivity (Wildman–Crippen MR) is 198 cm³/mol. The summed E-state index contributed by atoms with van der Waals surface area (Å²) in [6, 6.07) is 58.6. The summed E-state index contributed by atoms with van der Waals surface area (Å²) in [7, 11) is 0. The molecule has 45 heavy (non-hydrogen) atoms. The summed E-state index contributed by atoms with van der Waals surface area (Å²) in [6.07, 6.45) is 0. The van der Waals surface area contributed by atoms with Gasteiger partial charge in [-0.1, -0.05) is 133 Å². The fourth-order valence-corrected chi connectivity index (χ4v) is 8.71. The molecule has 1 aromatic heterocycles. The van der Waals surface area contributed by atoms with Gasteiger partial charge in [0.2, 0.25) is 0 Å². The second-order valence-corrected chi connectivity index (χ2v) is 13.2. The van der Waals surface area contributed by atoms with Crippen LogP contribution in [0.1, 0.15) is 0 Å². The molecule has 0 aliphatic heterocycles. The summed E-state index contributed by atoms with van der Waals surface area (Å²) in [6.45, 7) is 0. The molecule has 0 amide bonds. The normalized spacial score (nSPS) is 12.0. The van der Waals surface area contributed by atoms with Gasteiger partial charge in [0.05, 0.1) is 0 Å². The van der Waals surface area contributed by atoms with E-state index in [-0.39, 0.29) is 0 Å². The van der Waals surface area contributed by atoms with Crippen molar-refractivity contribution < 1.29 is 0 Å². The molecule has 0 nitrogen and oxygen atoms in total. The average molecular weight is 587 g/mol. The van der Waals surface area contributed by atoms with Crippen molar-refractivity contribution in [3.8, 4) is 22.3 Å². The second kappa shape index (κ2) is 9.50. The lowest BCUT2D eigenvalue weighted by atomic mass is 9.85. The zero-order valence-electron chi connectivity index (χ0n) is 24.4.